The van der Waals surface area contributed by atoms with Gasteiger partial charge in [-0.1, -0.05) is 25.3 Å². The largest absolute Gasteiger partial charge is 0.489 e. The Balaban J connectivity index is 1.85. The molecule has 0 bridgehead atoms. The first-order valence-electron chi connectivity index (χ1n) is 6.54. The summed E-state index contributed by atoms with van der Waals surface area (Å²) in [6.07, 6.45) is 6.58. The lowest BCUT2D eigenvalue weighted by Crippen LogP contribution is -2.36. The Morgan fingerprint density at radius 1 is 1.18 bits per heavy atom. The average molecular weight is 232 g/mol. The average Bonchev–Trinajstić information content (AvgIpc) is 2.53. The highest BCUT2D eigenvalue weighted by Crippen LogP contribution is 2.42. The van der Waals surface area contributed by atoms with Gasteiger partial charge in [0, 0.05) is 12.0 Å². The van der Waals surface area contributed by atoms with Gasteiger partial charge in [0.25, 0.3) is 0 Å². The van der Waals surface area contributed by atoms with Crippen LogP contribution in [0.25, 0.3) is 0 Å². The molecule has 0 radical (unpaired) electrons. The van der Waals surface area contributed by atoms with E-state index in [-0.39, 0.29) is 0 Å². The van der Waals surface area contributed by atoms with E-state index >= 15 is 0 Å². The molecule has 1 aliphatic carbocycles. The summed E-state index contributed by atoms with van der Waals surface area (Å²) in [7, 11) is 0. The van der Waals surface area contributed by atoms with E-state index < -0.39 is 0 Å². The molecule has 1 aromatic rings. The molecule has 17 heavy (non-hydrogen) atoms. The van der Waals surface area contributed by atoms with Crippen molar-refractivity contribution in [3.05, 3.63) is 18.2 Å². The van der Waals surface area contributed by atoms with Crippen LogP contribution in [0.4, 0.5) is 11.4 Å². The van der Waals surface area contributed by atoms with E-state index in [1.807, 2.05) is 18.2 Å². The molecule has 1 aliphatic heterocycles. The Bertz CT molecular complexity index is 411. The van der Waals surface area contributed by atoms with Crippen LogP contribution in [-0.2, 0) is 0 Å². The molecule has 3 rings (SSSR count). The van der Waals surface area contributed by atoms with E-state index in [1.165, 1.54) is 32.1 Å². The molecule has 0 atom stereocenters. The third-order valence-electron chi connectivity index (χ3n) is 4.14. The second kappa shape index (κ2) is 4.13. The van der Waals surface area contributed by atoms with Gasteiger partial charge in [-0.2, -0.15) is 0 Å². The first kappa shape index (κ1) is 10.8. The molecule has 1 spiro atoms. The smallest absolute Gasteiger partial charge is 0.165 e. The number of para-hydroxylation sites is 1. The summed E-state index contributed by atoms with van der Waals surface area (Å²) in [5, 5.41) is 3.52. The van der Waals surface area contributed by atoms with Crippen molar-refractivity contribution in [2.45, 2.75) is 32.1 Å². The number of nitrogen functional groups attached to an aromatic ring is 1. The van der Waals surface area contributed by atoms with Crippen molar-refractivity contribution in [3.8, 4) is 5.75 Å². The van der Waals surface area contributed by atoms with Crippen molar-refractivity contribution in [2.75, 3.05) is 24.2 Å². The maximum absolute atomic E-state index is 5.99. The van der Waals surface area contributed by atoms with Crippen molar-refractivity contribution in [1.29, 1.82) is 0 Å². The van der Waals surface area contributed by atoms with E-state index in [1.54, 1.807) is 0 Å². The van der Waals surface area contributed by atoms with Crippen LogP contribution in [0, 0.1) is 5.41 Å². The van der Waals surface area contributed by atoms with Crippen LogP contribution >= 0.6 is 0 Å². The Labute approximate surface area is 102 Å². The minimum absolute atomic E-state index is 0.323. The predicted octanol–water partition coefficient (Wildman–Crippen LogP) is 3.02. The number of fused-ring (bicyclic) bond motifs is 1. The van der Waals surface area contributed by atoms with Crippen molar-refractivity contribution in [1.82, 2.24) is 0 Å². The summed E-state index contributed by atoms with van der Waals surface area (Å²) in [5.74, 6) is 0.843. The maximum atomic E-state index is 5.99. The quantitative estimate of drug-likeness (QED) is 0.676. The van der Waals surface area contributed by atoms with E-state index in [0.29, 0.717) is 5.41 Å². The maximum Gasteiger partial charge on any atom is 0.165 e. The summed E-state index contributed by atoms with van der Waals surface area (Å²) in [6.45, 7) is 1.82. The molecule has 2 aliphatic rings. The molecule has 1 aromatic carbocycles. The molecular formula is C14H20N2O. The molecule has 1 heterocycles. The summed E-state index contributed by atoms with van der Waals surface area (Å²) in [4.78, 5) is 0. The topological polar surface area (TPSA) is 47.3 Å². The normalized spacial score (nSPS) is 22.1. The van der Waals surface area contributed by atoms with Crippen LogP contribution in [0.1, 0.15) is 32.1 Å². The van der Waals surface area contributed by atoms with Crippen molar-refractivity contribution in [3.63, 3.8) is 0 Å². The van der Waals surface area contributed by atoms with Gasteiger partial charge in [0.1, 0.15) is 0 Å². The van der Waals surface area contributed by atoms with Gasteiger partial charge in [0.2, 0.25) is 0 Å². The summed E-state index contributed by atoms with van der Waals surface area (Å²) < 4.78 is 5.99. The Morgan fingerprint density at radius 2 is 2.00 bits per heavy atom. The number of hydrogen-bond donors (Lipinski definition) is 2. The van der Waals surface area contributed by atoms with E-state index in [9.17, 15) is 0 Å². The fourth-order valence-electron chi connectivity index (χ4n) is 3.04. The number of nitrogens with two attached hydrogens (primary N) is 1. The minimum atomic E-state index is 0.323. The van der Waals surface area contributed by atoms with Gasteiger partial charge in [-0.05, 0) is 25.0 Å². The molecule has 0 aromatic heterocycles. The first-order chi connectivity index (χ1) is 8.29. The van der Waals surface area contributed by atoms with Gasteiger partial charge in [-0.25, -0.2) is 0 Å². The lowest BCUT2D eigenvalue weighted by molar-refractivity contribution is 0.116. The zero-order valence-electron chi connectivity index (χ0n) is 10.2. The van der Waals surface area contributed by atoms with Crippen LogP contribution < -0.4 is 15.8 Å². The summed E-state index contributed by atoms with van der Waals surface area (Å²) >= 11 is 0. The summed E-state index contributed by atoms with van der Waals surface area (Å²) in [5.41, 5.74) is 8.07. The standard InChI is InChI=1S/C14H20N2O/c15-11-5-4-6-12-13(11)17-10-14(9-16-12)7-2-1-3-8-14/h4-6,16H,1-3,7-10,15H2. The van der Waals surface area contributed by atoms with E-state index in [0.717, 1.165) is 30.3 Å². The highest BCUT2D eigenvalue weighted by Gasteiger charge is 2.35. The van der Waals surface area contributed by atoms with Gasteiger partial charge in [0.05, 0.1) is 18.0 Å². The fourth-order valence-corrected chi connectivity index (χ4v) is 3.04. The lowest BCUT2D eigenvalue weighted by Gasteiger charge is -2.35. The molecule has 3 heteroatoms. The second-order valence-corrected chi connectivity index (χ2v) is 5.43. The van der Waals surface area contributed by atoms with Gasteiger partial charge >= 0.3 is 0 Å². The zero-order valence-corrected chi connectivity index (χ0v) is 10.2. The zero-order chi connectivity index (χ0) is 11.7. The summed E-state index contributed by atoms with van der Waals surface area (Å²) in [6, 6.07) is 5.93. The molecule has 3 nitrogen and oxygen atoms in total. The van der Waals surface area contributed by atoms with Crippen molar-refractivity contribution < 1.29 is 4.74 Å². The van der Waals surface area contributed by atoms with E-state index in [2.05, 4.69) is 5.32 Å². The number of nitrogens with one attached hydrogen (secondary N) is 1. The number of benzene rings is 1. The van der Waals surface area contributed by atoms with Gasteiger partial charge in [-0.3, -0.25) is 0 Å². The number of hydrogen-bond acceptors (Lipinski definition) is 3. The first-order valence-corrected chi connectivity index (χ1v) is 6.54. The van der Waals surface area contributed by atoms with Crippen LogP contribution in [0.15, 0.2) is 18.2 Å². The highest BCUT2D eigenvalue weighted by atomic mass is 16.5. The van der Waals surface area contributed by atoms with Crippen molar-refractivity contribution in [2.24, 2.45) is 5.41 Å². The molecule has 0 amide bonds. The SMILES string of the molecule is Nc1cccc2c1OCC1(CCCCC1)CN2. The number of rotatable bonds is 0. The monoisotopic (exact) mass is 232 g/mol. The van der Waals surface area contributed by atoms with E-state index in [4.69, 9.17) is 10.5 Å². The van der Waals surface area contributed by atoms with Crippen LogP contribution in [0.2, 0.25) is 0 Å². The van der Waals surface area contributed by atoms with Crippen LogP contribution in [0.5, 0.6) is 5.75 Å². The molecular weight excluding hydrogens is 212 g/mol. The second-order valence-electron chi connectivity index (χ2n) is 5.43. The molecule has 92 valence electrons. The number of anilines is 2. The van der Waals surface area contributed by atoms with Crippen LogP contribution in [0.3, 0.4) is 0 Å². The lowest BCUT2D eigenvalue weighted by atomic mass is 9.74. The minimum Gasteiger partial charge on any atom is -0.489 e. The molecule has 1 fully saturated rings. The number of ether oxygens (including phenoxy) is 1. The Kier molecular flexibility index (Phi) is 2.61. The Hall–Kier alpha value is -1.38. The molecule has 3 N–H and O–H groups in total. The van der Waals surface area contributed by atoms with Crippen molar-refractivity contribution >= 4 is 11.4 Å². The third-order valence-corrected chi connectivity index (χ3v) is 4.14. The Morgan fingerprint density at radius 3 is 2.82 bits per heavy atom. The van der Waals surface area contributed by atoms with Gasteiger partial charge in [-0.15, -0.1) is 0 Å². The predicted molar refractivity (Wildman–Crippen MR) is 70.4 cm³/mol. The highest BCUT2D eigenvalue weighted by molar-refractivity contribution is 5.69. The van der Waals surface area contributed by atoms with Gasteiger partial charge < -0.3 is 15.8 Å². The molecule has 0 saturated heterocycles. The van der Waals surface area contributed by atoms with Crippen LogP contribution in [-0.4, -0.2) is 13.2 Å². The molecule has 0 unspecified atom stereocenters. The van der Waals surface area contributed by atoms with Gasteiger partial charge in [0.15, 0.2) is 5.75 Å². The molecule has 1 saturated carbocycles. The fraction of sp³-hybridized carbons (Fsp3) is 0.571. The third kappa shape index (κ3) is 1.94.